The molecule has 0 aromatic heterocycles. The maximum absolute atomic E-state index is 12.4. The van der Waals surface area contributed by atoms with Crippen LogP contribution >= 0.6 is 0 Å². The highest BCUT2D eigenvalue weighted by Crippen LogP contribution is 2.18. The van der Waals surface area contributed by atoms with Gasteiger partial charge in [0.1, 0.15) is 6.10 Å². The third-order valence-electron chi connectivity index (χ3n) is 7.56. The number of nitrogens with zero attached hydrogens (tertiary/aromatic N) is 1. The summed E-state index contributed by atoms with van der Waals surface area (Å²) in [7, 11) is 4.11. The summed E-state index contributed by atoms with van der Waals surface area (Å²) in [6.45, 7) is 5.40. The summed E-state index contributed by atoms with van der Waals surface area (Å²) in [6, 6.07) is 0. The zero-order chi connectivity index (χ0) is 29.4. The van der Waals surface area contributed by atoms with Gasteiger partial charge in [-0.1, -0.05) is 115 Å². The molecule has 0 N–H and O–H groups in total. The molecule has 0 saturated carbocycles. The molecule has 0 aromatic carbocycles. The molecule has 0 saturated heterocycles. The van der Waals surface area contributed by atoms with Gasteiger partial charge in [0.25, 0.3) is 0 Å². The van der Waals surface area contributed by atoms with Crippen molar-refractivity contribution in [3.05, 3.63) is 36.5 Å². The lowest BCUT2D eigenvalue weighted by molar-refractivity contribution is -0.150. The van der Waals surface area contributed by atoms with Crippen LogP contribution in [-0.2, 0) is 9.53 Å². The van der Waals surface area contributed by atoms with Gasteiger partial charge in [-0.15, -0.1) is 0 Å². The number of rotatable bonds is 30. The van der Waals surface area contributed by atoms with Gasteiger partial charge in [-0.3, -0.25) is 4.79 Å². The Morgan fingerprint density at radius 3 is 1.57 bits per heavy atom. The minimum atomic E-state index is 0.00650. The zero-order valence-electron chi connectivity index (χ0n) is 27.5. The van der Waals surface area contributed by atoms with Crippen molar-refractivity contribution in [2.45, 2.75) is 174 Å². The van der Waals surface area contributed by atoms with E-state index in [0.29, 0.717) is 6.42 Å². The number of ether oxygens (including phenoxy) is 1. The van der Waals surface area contributed by atoms with Crippen LogP contribution in [0.25, 0.3) is 0 Å². The van der Waals surface area contributed by atoms with E-state index < -0.39 is 0 Å². The van der Waals surface area contributed by atoms with Gasteiger partial charge >= 0.3 is 5.97 Å². The van der Waals surface area contributed by atoms with Crippen molar-refractivity contribution in [1.29, 1.82) is 0 Å². The molecule has 40 heavy (non-hydrogen) atoms. The van der Waals surface area contributed by atoms with Crippen LogP contribution in [0.3, 0.4) is 0 Å². The molecule has 0 rings (SSSR count). The van der Waals surface area contributed by atoms with E-state index in [9.17, 15) is 4.79 Å². The molecular weight excluding hydrogens is 490 g/mol. The van der Waals surface area contributed by atoms with Gasteiger partial charge in [0, 0.05) is 6.42 Å². The van der Waals surface area contributed by atoms with Crippen LogP contribution in [-0.4, -0.2) is 37.6 Å². The minimum Gasteiger partial charge on any atom is -0.462 e. The minimum absolute atomic E-state index is 0.00650. The molecule has 0 aliphatic rings. The highest BCUT2D eigenvalue weighted by molar-refractivity contribution is 5.69. The summed E-state index contributed by atoms with van der Waals surface area (Å²) >= 11 is 0. The van der Waals surface area contributed by atoms with Crippen molar-refractivity contribution in [2.75, 3.05) is 20.6 Å². The summed E-state index contributed by atoms with van der Waals surface area (Å²) in [4.78, 5) is 14.6. The molecule has 0 fully saturated rings. The number of hydrogen-bond acceptors (Lipinski definition) is 3. The third kappa shape index (κ3) is 31.2. The monoisotopic (exact) mass is 560 g/mol. The van der Waals surface area contributed by atoms with Gasteiger partial charge < -0.3 is 9.64 Å². The Balaban J connectivity index is 4.00. The lowest BCUT2D eigenvalue weighted by atomic mass is 10.0. The SMILES string of the molecule is CC/C=C\CCCCCCCCC(CCCCCCCC/C=C\C/C=C\CCCCC)OC(=O)CCCN(C)C. The van der Waals surface area contributed by atoms with E-state index in [2.05, 4.69) is 69.3 Å². The average Bonchev–Trinajstić information content (AvgIpc) is 2.93. The molecule has 0 aliphatic heterocycles. The number of unbranched alkanes of at least 4 members (excludes halogenated alkanes) is 15. The van der Waals surface area contributed by atoms with Gasteiger partial charge in [-0.05, 0) is 104 Å². The lowest BCUT2D eigenvalue weighted by Gasteiger charge is -2.18. The average molecular weight is 560 g/mol. The van der Waals surface area contributed by atoms with Gasteiger partial charge in [0.05, 0.1) is 0 Å². The van der Waals surface area contributed by atoms with Crippen molar-refractivity contribution in [3.8, 4) is 0 Å². The summed E-state index contributed by atoms with van der Waals surface area (Å²) < 4.78 is 5.96. The van der Waals surface area contributed by atoms with Crippen molar-refractivity contribution < 1.29 is 9.53 Å². The molecule has 0 radical (unpaired) electrons. The molecule has 3 nitrogen and oxygen atoms in total. The van der Waals surface area contributed by atoms with Gasteiger partial charge in [-0.2, -0.15) is 0 Å². The molecule has 1 atom stereocenters. The first kappa shape index (κ1) is 38.6. The largest absolute Gasteiger partial charge is 0.462 e. The Labute approximate surface area is 251 Å². The molecule has 0 bridgehead atoms. The first-order valence-corrected chi connectivity index (χ1v) is 17.4. The first-order valence-electron chi connectivity index (χ1n) is 17.4. The van der Waals surface area contributed by atoms with E-state index in [0.717, 1.165) is 38.6 Å². The molecule has 0 heterocycles. The van der Waals surface area contributed by atoms with E-state index in [-0.39, 0.29) is 12.1 Å². The van der Waals surface area contributed by atoms with E-state index >= 15 is 0 Å². The summed E-state index contributed by atoms with van der Waals surface area (Å²) in [5.41, 5.74) is 0. The van der Waals surface area contributed by atoms with Crippen LogP contribution in [0.5, 0.6) is 0 Å². The maximum Gasteiger partial charge on any atom is 0.306 e. The number of carbonyl (C=O) groups excluding carboxylic acids is 1. The topological polar surface area (TPSA) is 29.5 Å². The summed E-state index contributed by atoms with van der Waals surface area (Å²) in [5.74, 6) is 0.00650. The normalized spacial score (nSPS) is 12.9. The van der Waals surface area contributed by atoms with E-state index in [4.69, 9.17) is 4.74 Å². The van der Waals surface area contributed by atoms with Gasteiger partial charge in [0.2, 0.25) is 0 Å². The first-order chi connectivity index (χ1) is 19.6. The number of carbonyl (C=O) groups is 1. The van der Waals surface area contributed by atoms with Crippen molar-refractivity contribution >= 4 is 5.97 Å². The van der Waals surface area contributed by atoms with Crippen molar-refractivity contribution in [3.63, 3.8) is 0 Å². The smallest absolute Gasteiger partial charge is 0.306 e. The highest BCUT2D eigenvalue weighted by atomic mass is 16.5. The standard InChI is InChI=1S/C37H69NO2/c1-5-7-9-11-13-15-17-18-19-20-21-22-24-26-28-30-33-36(40-37(39)34-31-35-38(3)4)32-29-27-25-23-16-14-12-10-8-6-2/h8,10,13,15,18-19,36H,5-7,9,11-12,14,16-17,20-35H2,1-4H3/b10-8-,15-13-,19-18-. The predicted octanol–water partition coefficient (Wildman–Crippen LogP) is 11.5. The molecule has 3 heteroatoms. The van der Waals surface area contributed by atoms with Gasteiger partial charge in [0.15, 0.2) is 0 Å². The predicted molar refractivity (Wildman–Crippen MR) is 178 cm³/mol. The van der Waals surface area contributed by atoms with E-state index in [1.54, 1.807) is 0 Å². The second-order valence-corrected chi connectivity index (χ2v) is 12.0. The van der Waals surface area contributed by atoms with Crippen molar-refractivity contribution in [1.82, 2.24) is 4.90 Å². The van der Waals surface area contributed by atoms with E-state index in [1.807, 2.05) is 0 Å². The fraction of sp³-hybridized carbons (Fsp3) is 0.811. The molecule has 0 spiro atoms. The van der Waals surface area contributed by atoms with Crippen LogP contribution in [0.1, 0.15) is 168 Å². The molecule has 0 aromatic rings. The second-order valence-electron chi connectivity index (χ2n) is 12.0. The van der Waals surface area contributed by atoms with Gasteiger partial charge in [-0.25, -0.2) is 0 Å². The van der Waals surface area contributed by atoms with Crippen LogP contribution in [0.4, 0.5) is 0 Å². The fourth-order valence-corrected chi connectivity index (χ4v) is 5.03. The van der Waals surface area contributed by atoms with Crippen LogP contribution in [0, 0.1) is 0 Å². The van der Waals surface area contributed by atoms with Crippen molar-refractivity contribution in [2.24, 2.45) is 0 Å². The molecule has 234 valence electrons. The molecular formula is C37H69NO2. The molecule has 1 unspecified atom stereocenters. The van der Waals surface area contributed by atoms with Crippen LogP contribution in [0.2, 0.25) is 0 Å². The Morgan fingerprint density at radius 2 is 1.07 bits per heavy atom. The maximum atomic E-state index is 12.4. The molecule has 0 amide bonds. The third-order valence-corrected chi connectivity index (χ3v) is 7.56. The van der Waals surface area contributed by atoms with Crippen LogP contribution in [0.15, 0.2) is 36.5 Å². The zero-order valence-corrected chi connectivity index (χ0v) is 27.5. The fourth-order valence-electron chi connectivity index (χ4n) is 5.03. The number of hydrogen-bond donors (Lipinski definition) is 0. The Morgan fingerprint density at radius 1 is 0.600 bits per heavy atom. The lowest BCUT2D eigenvalue weighted by Crippen LogP contribution is -2.20. The highest BCUT2D eigenvalue weighted by Gasteiger charge is 2.14. The quantitative estimate of drug-likeness (QED) is 0.0498. The summed E-state index contributed by atoms with van der Waals surface area (Å²) in [6.07, 6.45) is 42.9. The number of allylic oxidation sites excluding steroid dienone is 6. The second kappa shape index (κ2) is 32.2. The molecule has 0 aliphatic carbocycles. The summed E-state index contributed by atoms with van der Waals surface area (Å²) in [5, 5.41) is 0. The van der Waals surface area contributed by atoms with E-state index in [1.165, 1.54) is 116 Å². The Kier molecular flexibility index (Phi) is 31.1. The Bertz CT molecular complexity index is 607. The van der Waals surface area contributed by atoms with Crippen LogP contribution < -0.4 is 0 Å². The number of esters is 1. The Hall–Kier alpha value is -1.35.